The normalized spacial score (nSPS) is 12.6. The molecule has 1 rings (SSSR count). The third kappa shape index (κ3) is 3.06. The Morgan fingerprint density at radius 3 is 2.35 bits per heavy atom. The summed E-state index contributed by atoms with van der Waals surface area (Å²) in [6, 6.07) is 0.871. The van der Waals surface area contributed by atoms with Gasteiger partial charge in [-0.15, -0.1) is 0 Å². The molecule has 1 aromatic rings. The zero-order valence-corrected chi connectivity index (χ0v) is 8.03. The van der Waals surface area contributed by atoms with Crippen molar-refractivity contribution in [3.63, 3.8) is 0 Å². The maximum Gasteiger partial charge on any atom is 0.387 e. The number of alkyl halides is 2. The van der Waals surface area contributed by atoms with Crippen LogP contribution >= 0.6 is 0 Å². The van der Waals surface area contributed by atoms with E-state index in [9.17, 15) is 22.4 Å². The smallest absolute Gasteiger partial charge is 0.387 e. The highest BCUT2D eigenvalue weighted by atomic mass is 19.3. The molecular formula is C9H6F4O4. The van der Waals surface area contributed by atoms with Gasteiger partial charge in [-0.2, -0.15) is 13.2 Å². The minimum absolute atomic E-state index is 0.381. The largest absolute Gasteiger partial charge is 0.479 e. The van der Waals surface area contributed by atoms with Gasteiger partial charge in [0, 0.05) is 0 Å². The Morgan fingerprint density at radius 2 is 1.88 bits per heavy atom. The summed E-state index contributed by atoms with van der Waals surface area (Å²) in [6.07, 6.45) is -2.16. The number of benzene rings is 1. The van der Waals surface area contributed by atoms with Gasteiger partial charge < -0.3 is 14.9 Å². The minimum atomic E-state index is -3.40. The molecule has 0 saturated carbocycles. The molecule has 1 atom stereocenters. The van der Waals surface area contributed by atoms with Crippen LogP contribution in [0, 0.1) is 11.6 Å². The number of hydrogen-bond acceptors (Lipinski definition) is 3. The van der Waals surface area contributed by atoms with Gasteiger partial charge in [-0.1, -0.05) is 0 Å². The molecule has 0 spiro atoms. The summed E-state index contributed by atoms with van der Waals surface area (Å²) in [6.45, 7) is -3.40. The monoisotopic (exact) mass is 254 g/mol. The van der Waals surface area contributed by atoms with Gasteiger partial charge in [0.15, 0.2) is 17.7 Å². The molecule has 0 aromatic heterocycles. The van der Waals surface area contributed by atoms with Crippen molar-refractivity contribution in [2.75, 3.05) is 0 Å². The van der Waals surface area contributed by atoms with Crippen LogP contribution in [0.5, 0.6) is 5.75 Å². The average molecular weight is 254 g/mol. The molecule has 94 valence electrons. The molecule has 0 saturated heterocycles. The van der Waals surface area contributed by atoms with Crippen LogP contribution in [0.1, 0.15) is 11.7 Å². The lowest BCUT2D eigenvalue weighted by atomic mass is 10.1. The molecular weight excluding hydrogens is 248 g/mol. The van der Waals surface area contributed by atoms with Crippen molar-refractivity contribution in [1.82, 2.24) is 0 Å². The third-order valence-corrected chi connectivity index (χ3v) is 1.78. The van der Waals surface area contributed by atoms with E-state index in [0.29, 0.717) is 12.1 Å². The maximum atomic E-state index is 12.9. The van der Waals surface area contributed by atoms with Gasteiger partial charge in [0.05, 0.1) is 0 Å². The molecule has 4 nitrogen and oxygen atoms in total. The number of halogens is 4. The number of carboxylic acid groups (broad SMARTS) is 1. The average Bonchev–Trinajstić information content (AvgIpc) is 2.22. The van der Waals surface area contributed by atoms with Gasteiger partial charge in [-0.05, 0) is 17.7 Å². The number of rotatable bonds is 4. The Morgan fingerprint density at radius 1 is 1.29 bits per heavy atom. The Bertz CT molecular complexity index is 435. The molecule has 0 radical (unpaired) electrons. The lowest BCUT2D eigenvalue weighted by molar-refractivity contribution is -0.146. The molecule has 0 aliphatic carbocycles. The fourth-order valence-electron chi connectivity index (χ4n) is 1.07. The molecule has 1 unspecified atom stereocenters. The van der Waals surface area contributed by atoms with Crippen molar-refractivity contribution in [2.45, 2.75) is 12.7 Å². The van der Waals surface area contributed by atoms with E-state index >= 15 is 0 Å². The summed E-state index contributed by atoms with van der Waals surface area (Å²) in [5, 5.41) is 17.5. The van der Waals surface area contributed by atoms with Crippen molar-refractivity contribution in [2.24, 2.45) is 0 Å². The summed E-state index contributed by atoms with van der Waals surface area (Å²) in [5.41, 5.74) is -0.605. The first kappa shape index (κ1) is 13.2. The van der Waals surface area contributed by atoms with Gasteiger partial charge in [0.2, 0.25) is 5.82 Å². The quantitative estimate of drug-likeness (QED) is 0.802. The molecule has 1 aromatic carbocycles. The Hall–Kier alpha value is -1.83. The Kier molecular flexibility index (Phi) is 3.89. The van der Waals surface area contributed by atoms with Crippen molar-refractivity contribution >= 4 is 5.97 Å². The lowest BCUT2D eigenvalue weighted by Gasteiger charge is -2.10. The van der Waals surface area contributed by atoms with Crippen molar-refractivity contribution in [1.29, 1.82) is 0 Å². The van der Waals surface area contributed by atoms with E-state index < -0.39 is 41.6 Å². The number of carboxylic acids is 1. The first-order chi connectivity index (χ1) is 7.82. The topological polar surface area (TPSA) is 66.8 Å². The van der Waals surface area contributed by atoms with Crippen LogP contribution in [-0.4, -0.2) is 22.8 Å². The van der Waals surface area contributed by atoms with Crippen molar-refractivity contribution < 1.29 is 37.3 Å². The SMILES string of the molecule is O=C(O)C(O)c1cc(F)c(F)c(OC(F)F)c1. The lowest BCUT2D eigenvalue weighted by Crippen LogP contribution is -2.12. The number of aliphatic hydroxyl groups is 1. The van der Waals surface area contributed by atoms with Crippen LogP contribution in [0.4, 0.5) is 17.6 Å². The molecule has 0 bridgehead atoms. The predicted molar refractivity (Wildman–Crippen MR) is 45.6 cm³/mol. The molecule has 8 heteroatoms. The number of hydrogen-bond donors (Lipinski definition) is 2. The van der Waals surface area contributed by atoms with Crippen LogP contribution in [0.2, 0.25) is 0 Å². The molecule has 0 heterocycles. The standard InChI is InChI=1S/C9H6F4O4/c10-4-1-3(7(14)8(15)16)2-5(6(4)11)17-9(12)13/h1-2,7,9,14H,(H,15,16). The predicted octanol–water partition coefficient (Wildman–Crippen LogP) is 1.68. The van der Waals surface area contributed by atoms with Gasteiger partial charge in [-0.3, -0.25) is 0 Å². The van der Waals surface area contributed by atoms with Gasteiger partial charge >= 0.3 is 12.6 Å². The number of ether oxygens (including phenoxy) is 1. The first-order valence-electron chi connectivity index (χ1n) is 4.17. The van der Waals surface area contributed by atoms with Crippen LogP contribution in [0.15, 0.2) is 12.1 Å². The highest BCUT2D eigenvalue weighted by Gasteiger charge is 2.22. The van der Waals surface area contributed by atoms with E-state index in [1.165, 1.54) is 0 Å². The summed E-state index contributed by atoms with van der Waals surface area (Å²) < 4.78 is 53.2. The summed E-state index contributed by atoms with van der Waals surface area (Å²) in [5.74, 6) is -6.20. The van der Waals surface area contributed by atoms with Gasteiger partial charge in [-0.25, -0.2) is 9.18 Å². The van der Waals surface area contributed by atoms with E-state index in [1.54, 1.807) is 0 Å². The van der Waals surface area contributed by atoms with Crippen molar-refractivity contribution in [3.8, 4) is 5.75 Å². The first-order valence-corrected chi connectivity index (χ1v) is 4.17. The zero-order valence-electron chi connectivity index (χ0n) is 8.03. The zero-order chi connectivity index (χ0) is 13.2. The second kappa shape index (κ2) is 5.00. The molecule has 0 aliphatic rings. The number of aliphatic hydroxyl groups excluding tert-OH is 1. The molecule has 2 N–H and O–H groups in total. The van der Waals surface area contributed by atoms with E-state index in [4.69, 9.17) is 10.2 Å². The fourth-order valence-corrected chi connectivity index (χ4v) is 1.07. The van der Waals surface area contributed by atoms with Crippen LogP contribution in [0.25, 0.3) is 0 Å². The highest BCUT2D eigenvalue weighted by molar-refractivity contribution is 5.74. The Labute approximate surface area is 92.1 Å². The second-order valence-electron chi connectivity index (χ2n) is 2.93. The minimum Gasteiger partial charge on any atom is -0.479 e. The van der Waals surface area contributed by atoms with Crippen LogP contribution < -0.4 is 4.74 Å². The van der Waals surface area contributed by atoms with E-state index in [-0.39, 0.29) is 0 Å². The number of carbonyl (C=O) groups is 1. The van der Waals surface area contributed by atoms with E-state index in [2.05, 4.69) is 4.74 Å². The van der Waals surface area contributed by atoms with Crippen LogP contribution in [0.3, 0.4) is 0 Å². The summed E-state index contributed by atoms with van der Waals surface area (Å²) in [7, 11) is 0. The van der Waals surface area contributed by atoms with Crippen LogP contribution in [-0.2, 0) is 4.79 Å². The summed E-state index contributed by atoms with van der Waals surface area (Å²) in [4.78, 5) is 10.4. The third-order valence-electron chi connectivity index (χ3n) is 1.78. The molecule has 17 heavy (non-hydrogen) atoms. The van der Waals surface area contributed by atoms with Gasteiger partial charge in [0.1, 0.15) is 0 Å². The van der Waals surface area contributed by atoms with E-state index in [1.807, 2.05) is 0 Å². The fraction of sp³-hybridized carbons (Fsp3) is 0.222. The Balaban J connectivity index is 3.18. The second-order valence-corrected chi connectivity index (χ2v) is 2.93. The number of aliphatic carboxylic acids is 1. The van der Waals surface area contributed by atoms with E-state index in [0.717, 1.165) is 0 Å². The maximum absolute atomic E-state index is 12.9. The molecule has 0 amide bonds. The van der Waals surface area contributed by atoms with Crippen molar-refractivity contribution in [3.05, 3.63) is 29.3 Å². The highest BCUT2D eigenvalue weighted by Crippen LogP contribution is 2.27. The molecule has 0 fully saturated rings. The summed E-state index contributed by atoms with van der Waals surface area (Å²) >= 11 is 0. The van der Waals surface area contributed by atoms with Gasteiger partial charge in [0.25, 0.3) is 0 Å². The molecule has 0 aliphatic heterocycles.